The fourth-order valence-electron chi connectivity index (χ4n) is 6.50. The molecule has 2 atom stereocenters. The molecular weight excluding hydrogens is 462 g/mol. The molecule has 0 radical (unpaired) electrons. The maximum absolute atomic E-state index is 13.9. The minimum Gasteiger partial charge on any atom is -0.485 e. The smallest absolute Gasteiger partial charge is 0.238 e. The van der Waals surface area contributed by atoms with Crippen molar-refractivity contribution in [2.45, 2.75) is 11.8 Å². The first-order valence-electron chi connectivity index (χ1n) is 12.5. The molecule has 5 heteroatoms. The Bertz CT molecular complexity index is 1460. The Morgan fingerprint density at radius 2 is 1.16 bits per heavy atom. The van der Waals surface area contributed by atoms with Gasteiger partial charge in [0.2, 0.25) is 11.8 Å². The number of hydrogen-bond donors (Lipinski definition) is 0. The van der Waals surface area contributed by atoms with Gasteiger partial charge in [-0.1, -0.05) is 84.9 Å². The number of carbonyl (C=O) groups excluding carboxylic acids is 3. The van der Waals surface area contributed by atoms with Gasteiger partial charge in [0.05, 0.1) is 17.5 Å². The fraction of sp³-hybridized carbons (Fsp3) is 0.156. The lowest BCUT2D eigenvalue weighted by molar-refractivity contribution is -0.122. The molecule has 0 unspecified atom stereocenters. The van der Waals surface area contributed by atoms with Gasteiger partial charge in [0.25, 0.3) is 0 Å². The van der Waals surface area contributed by atoms with Gasteiger partial charge >= 0.3 is 0 Å². The van der Waals surface area contributed by atoms with E-state index in [2.05, 4.69) is 24.3 Å². The Balaban J connectivity index is 1.22. The first kappa shape index (κ1) is 21.7. The number of ether oxygens (including phenoxy) is 1. The molecule has 4 aromatic rings. The molecule has 1 fully saturated rings. The molecule has 2 bridgehead atoms. The van der Waals surface area contributed by atoms with Crippen molar-refractivity contribution in [2.24, 2.45) is 11.8 Å². The molecule has 1 saturated heterocycles. The lowest BCUT2D eigenvalue weighted by atomic mass is 9.55. The summed E-state index contributed by atoms with van der Waals surface area (Å²) in [7, 11) is 0. The van der Waals surface area contributed by atoms with E-state index in [-0.39, 0.29) is 36.0 Å². The second kappa shape index (κ2) is 8.27. The quantitative estimate of drug-likeness (QED) is 0.283. The molecule has 180 valence electrons. The summed E-state index contributed by atoms with van der Waals surface area (Å²) < 4.78 is 5.77. The van der Waals surface area contributed by atoms with Crippen LogP contribution < -0.4 is 9.64 Å². The minimum atomic E-state index is -0.438. The Morgan fingerprint density at radius 3 is 1.70 bits per heavy atom. The van der Waals surface area contributed by atoms with Crippen molar-refractivity contribution in [1.82, 2.24) is 0 Å². The van der Waals surface area contributed by atoms with Crippen LogP contribution in [0.2, 0.25) is 0 Å². The number of ketones is 1. The molecule has 2 amide bonds. The fourth-order valence-corrected chi connectivity index (χ4v) is 6.50. The molecule has 1 heterocycles. The van der Waals surface area contributed by atoms with Gasteiger partial charge in [-0.3, -0.25) is 14.4 Å². The third kappa shape index (κ3) is 3.20. The van der Waals surface area contributed by atoms with Crippen LogP contribution in [0.4, 0.5) is 5.69 Å². The van der Waals surface area contributed by atoms with Crippen molar-refractivity contribution >= 4 is 23.3 Å². The first-order chi connectivity index (χ1) is 18.1. The molecule has 3 aliphatic carbocycles. The summed E-state index contributed by atoms with van der Waals surface area (Å²) in [6, 6.07) is 32.3. The standard InChI is InChI=1S/C32H23NO4/c34-26(19-9-2-1-3-10-19)18-37-21-12-8-11-20(17-21)33-31(35)29-27-22-13-4-5-14-23(22)28(30(29)32(33)36)25-16-7-6-15-24(25)27/h1-17,27-30H,18H2/t27?,28?,29-,30-/m0/s1. The molecule has 4 aliphatic rings. The van der Waals surface area contributed by atoms with Gasteiger partial charge in [-0.05, 0) is 34.4 Å². The summed E-state index contributed by atoms with van der Waals surface area (Å²) in [5.74, 6) is -1.22. The predicted molar refractivity (Wildman–Crippen MR) is 139 cm³/mol. The number of Topliss-reactive ketones (excluding diaryl/α,β-unsaturated/α-hetero) is 1. The van der Waals surface area contributed by atoms with E-state index in [0.29, 0.717) is 17.0 Å². The Kier molecular flexibility index (Phi) is 4.86. The first-order valence-corrected chi connectivity index (χ1v) is 12.5. The molecule has 8 rings (SSSR count). The van der Waals surface area contributed by atoms with E-state index < -0.39 is 11.8 Å². The van der Waals surface area contributed by atoms with Crippen LogP contribution in [0.15, 0.2) is 103 Å². The lowest BCUT2D eigenvalue weighted by Crippen LogP contribution is -2.41. The van der Waals surface area contributed by atoms with E-state index in [1.54, 1.807) is 36.4 Å². The van der Waals surface area contributed by atoms with E-state index in [4.69, 9.17) is 4.74 Å². The highest BCUT2D eigenvalue weighted by Gasteiger charge is 2.61. The number of benzene rings is 4. The largest absolute Gasteiger partial charge is 0.485 e. The van der Waals surface area contributed by atoms with Gasteiger partial charge in [-0.25, -0.2) is 4.90 Å². The average molecular weight is 486 g/mol. The molecule has 0 N–H and O–H groups in total. The van der Waals surface area contributed by atoms with Gasteiger partial charge in [-0.15, -0.1) is 0 Å². The maximum Gasteiger partial charge on any atom is 0.238 e. The number of amides is 2. The van der Waals surface area contributed by atoms with Crippen molar-refractivity contribution < 1.29 is 19.1 Å². The van der Waals surface area contributed by atoms with Gasteiger partial charge in [0.1, 0.15) is 5.75 Å². The summed E-state index contributed by atoms with van der Waals surface area (Å²) >= 11 is 0. The molecule has 37 heavy (non-hydrogen) atoms. The Morgan fingerprint density at radius 1 is 0.649 bits per heavy atom. The Hall–Kier alpha value is -4.51. The van der Waals surface area contributed by atoms with E-state index in [1.807, 2.05) is 42.5 Å². The van der Waals surface area contributed by atoms with Crippen molar-refractivity contribution in [3.05, 3.63) is 131 Å². The van der Waals surface area contributed by atoms with Crippen LogP contribution in [0, 0.1) is 11.8 Å². The monoisotopic (exact) mass is 485 g/mol. The summed E-state index contributed by atoms with van der Waals surface area (Å²) in [4.78, 5) is 41.7. The predicted octanol–water partition coefficient (Wildman–Crippen LogP) is 5.34. The van der Waals surface area contributed by atoms with Crippen molar-refractivity contribution in [3.63, 3.8) is 0 Å². The minimum absolute atomic E-state index is 0.130. The average Bonchev–Trinajstić information content (AvgIpc) is 3.22. The van der Waals surface area contributed by atoms with Crippen LogP contribution in [0.25, 0.3) is 0 Å². The zero-order valence-electron chi connectivity index (χ0n) is 19.9. The second-order valence-corrected chi connectivity index (χ2v) is 9.85. The highest BCUT2D eigenvalue weighted by molar-refractivity contribution is 6.23. The summed E-state index contributed by atoms with van der Waals surface area (Å²) in [6.07, 6.45) is 0. The highest BCUT2D eigenvalue weighted by atomic mass is 16.5. The van der Waals surface area contributed by atoms with Gasteiger partial charge < -0.3 is 4.74 Å². The van der Waals surface area contributed by atoms with E-state index in [0.717, 1.165) is 22.3 Å². The molecule has 0 saturated carbocycles. The molecule has 1 aliphatic heterocycles. The van der Waals surface area contributed by atoms with Crippen LogP contribution in [0.1, 0.15) is 44.4 Å². The summed E-state index contributed by atoms with van der Waals surface area (Å²) in [6.45, 7) is -0.130. The van der Waals surface area contributed by atoms with Crippen molar-refractivity contribution in [3.8, 4) is 5.75 Å². The van der Waals surface area contributed by atoms with E-state index in [1.165, 1.54) is 4.90 Å². The number of rotatable bonds is 5. The van der Waals surface area contributed by atoms with E-state index in [9.17, 15) is 14.4 Å². The van der Waals surface area contributed by atoms with Gasteiger partial charge in [-0.2, -0.15) is 0 Å². The zero-order chi connectivity index (χ0) is 25.1. The summed E-state index contributed by atoms with van der Waals surface area (Å²) in [5, 5.41) is 0. The molecular formula is C32H23NO4. The lowest BCUT2D eigenvalue weighted by Gasteiger charge is -2.45. The van der Waals surface area contributed by atoms with Gasteiger partial charge in [0.15, 0.2) is 12.4 Å². The molecule has 0 aromatic heterocycles. The third-order valence-corrected chi connectivity index (χ3v) is 7.99. The second-order valence-electron chi connectivity index (χ2n) is 9.85. The third-order valence-electron chi connectivity index (χ3n) is 7.99. The van der Waals surface area contributed by atoms with E-state index >= 15 is 0 Å². The molecule has 5 nitrogen and oxygen atoms in total. The maximum atomic E-state index is 13.9. The van der Waals surface area contributed by atoms with Crippen molar-refractivity contribution in [1.29, 1.82) is 0 Å². The molecule has 0 spiro atoms. The van der Waals surface area contributed by atoms with Crippen LogP contribution in [0.3, 0.4) is 0 Å². The number of imide groups is 1. The van der Waals surface area contributed by atoms with Crippen LogP contribution >= 0.6 is 0 Å². The number of carbonyl (C=O) groups is 3. The van der Waals surface area contributed by atoms with Gasteiger partial charge in [0, 0.05) is 23.5 Å². The van der Waals surface area contributed by atoms with Crippen LogP contribution in [-0.2, 0) is 9.59 Å². The SMILES string of the molecule is O=C(COc1cccc(N2C(=O)[C@H]3C4c5ccccc5C(c5ccccc54)[C@@H]3C2=O)c1)c1ccccc1. The topological polar surface area (TPSA) is 63.7 Å². The highest BCUT2D eigenvalue weighted by Crippen LogP contribution is 2.61. The number of nitrogens with zero attached hydrogens (tertiary/aromatic N) is 1. The van der Waals surface area contributed by atoms with Crippen LogP contribution in [0.5, 0.6) is 5.75 Å². The van der Waals surface area contributed by atoms with Crippen LogP contribution in [-0.4, -0.2) is 24.2 Å². The molecule has 4 aromatic carbocycles. The number of hydrogen-bond acceptors (Lipinski definition) is 4. The normalized spacial score (nSPS) is 22.9. The zero-order valence-corrected chi connectivity index (χ0v) is 19.9. The summed E-state index contributed by atoms with van der Waals surface area (Å²) in [5.41, 5.74) is 5.63. The Labute approximate surface area is 214 Å². The van der Waals surface area contributed by atoms with Crippen molar-refractivity contribution in [2.75, 3.05) is 11.5 Å². The number of anilines is 1.